The molecule has 0 bridgehead atoms. The van der Waals surface area contributed by atoms with Gasteiger partial charge in [0.25, 0.3) is 0 Å². The van der Waals surface area contributed by atoms with E-state index >= 15 is 0 Å². The van der Waals surface area contributed by atoms with Crippen molar-refractivity contribution >= 4 is 44.3 Å². The van der Waals surface area contributed by atoms with Gasteiger partial charge in [0.15, 0.2) is 0 Å². The molecular weight excluding hydrogens is 611 g/mol. The third-order valence-electron chi connectivity index (χ3n) is 8.21. The number of halogens is 2. The number of allylic oxidation sites excluding steroid dienone is 2. The van der Waals surface area contributed by atoms with Gasteiger partial charge in [0.1, 0.15) is 0 Å². The summed E-state index contributed by atoms with van der Waals surface area (Å²) in [7, 11) is 1.31. The molecule has 4 aromatic carbocycles. The fraction of sp³-hybridized carbons (Fsp3) is 0.200. The summed E-state index contributed by atoms with van der Waals surface area (Å²) in [6.45, 7) is 8.81. The van der Waals surface area contributed by atoms with Crippen molar-refractivity contribution in [3.05, 3.63) is 130 Å². The van der Waals surface area contributed by atoms with Crippen molar-refractivity contribution in [2.24, 2.45) is 0 Å². The first-order valence-electron chi connectivity index (χ1n) is 13.7. The number of hydrogen-bond donors (Lipinski definition) is 0. The fourth-order valence-electron chi connectivity index (χ4n) is 6.99. The van der Waals surface area contributed by atoms with E-state index in [0.29, 0.717) is 7.25 Å². The minimum Gasteiger partial charge on any atom is -0.147 e. The van der Waals surface area contributed by atoms with Crippen LogP contribution in [0.25, 0.3) is 34.4 Å². The fourth-order valence-corrected chi connectivity index (χ4v) is 28.2. The molecule has 4 heteroatoms. The summed E-state index contributed by atoms with van der Waals surface area (Å²) in [5.41, 5.74) is 14.8. The van der Waals surface area contributed by atoms with E-state index in [-0.39, 0.29) is 24.8 Å². The minimum atomic E-state index is -2.67. The summed E-state index contributed by atoms with van der Waals surface area (Å²) in [5, 5.41) is 0. The molecule has 0 saturated carbocycles. The molecule has 6 rings (SSSR count). The molecule has 2 aliphatic rings. The molecule has 0 fully saturated rings. The summed E-state index contributed by atoms with van der Waals surface area (Å²) in [6.07, 6.45) is 5.04. The second-order valence-electron chi connectivity index (χ2n) is 10.8. The van der Waals surface area contributed by atoms with E-state index in [1.54, 1.807) is 22.3 Å². The van der Waals surface area contributed by atoms with Gasteiger partial charge in [-0.3, -0.25) is 0 Å². The number of fused-ring (bicyclic) bond motifs is 2. The molecule has 0 nitrogen and oxygen atoms in total. The molecule has 0 N–H and O–H groups in total. The van der Waals surface area contributed by atoms with Gasteiger partial charge >= 0.3 is 217 Å². The molecule has 2 atom stereocenters. The topological polar surface area (TPSA) is 0 Å². The van der Waals surface area contributed by atoms with Crippen molar-refractivity contribution in [3.63, 3.8) is 0 Å². The van der Waals surface area contributed by atoms with Crippen LogP contribution >= 0.6 is 24.8 Å². The summed E-state index contributed by atoms with van der Waals surface area (Å²) in [5.74, 6) is 0. The SMILES string of the molecule is CC.CC1=Cc2c(-c3ccccc3)cccc2[CH]1[Zr]([CH3])([SiH3])[CH]1C(C)=Cc2c(-c3ccccc3)cccc21.Cl.Cl. The molecular formula is C35H40Cl2SiZr. The van der Waals surface area contributed by atoms with Gasteiger partial charge in [-0.2, -0.15) is 0 Å². The van der Waals surface area contributed by atoms with Crippen molar-refractivity contribution in [2.45, 2.75) is 39.6 Å². The van der Waals surface area contributed by atoms with Crippen LogP contribution in [-0.4, -0.2) is 7.37 Å². The van der Waals surface area contributed by atoms with Gasteiger partial charge in [-0.15, -0.1) is 24.8 Å². The Labute approximate surface area is 254 Å². The van der Waals surface area contributed by atoms with Crippen LogP contribution in [-0.2, 0) is 19.4 Å². The number of hydrogen-bond acceptors (Lipinski definition) is 0. The maximum Gasteiger partial charge on any atom is -0.147 e. The van der Waals surface area contributed by atoms with Gasteiger partial charge in [-0.05, 0) is 0 Å². The van der Waals surface area contributed by atoms with Crippen molar-refractivity contribution in [1.29, 1.82) is 0 Å². The molecule has 0 heterocycles. The minimum absolute atomic E-state index is 0. The Kier molecular flexibility index (Phi) is 10.6. The summed E-state index contributed by atoms with van der Waals surface area (Å²) < 4.78 is 4.04. The van der Waals surface area contributed by atoms with E-state index in [9.17, 15) is 0 Å². The summed E-state index contributed by atoms with van der Waals surface area (Å²) in [6, 6.07) is 35.9. The summed E-state index contributed by atoms with van der Waals surface area (Å²) >= 11 is -2.67. The van der Waals surface area contributed by atoms with E-state index in [1.165, 1.54) is 40.7 Å². The molecule has 2 aliphatic carbocycles. The molecule has 4 aromatic rings. The predicted molar refractivity (Wildman–Crippen MR) is 178 cm³/mol. The Hall–Kier alpha value is -1.96. The van der Waals surface area contributed by atoms with E-state index in [0.717, 1.165) is 0 Å². The van der Waals surface area contributed by atoms with Crippen LogP contribution in [0.2, 0.25) is 4.63 Å². The molecule has 39 heavy (non-hydrogen) atoms. The van der Waals surface area contributed by atoms with Crippen LogP contribution in [0.4, 0.5) is 0 Å². The van der Waals surface area contributed by atoms with Gasteiger partial charge in [0.2, 0.25) is 0 Å². The van der Waals surface area contributed by atoms with Crippen LogP contribution in [0.5, 0.6) is 0 Å². The quantitative estimate of drug-likeness (QED) is 0.193. The average molecular weight is 651 g/mol. The summed E-state index contributed by atoms with van der Waals surface area (Å²) in [4.78, 5) is 0. The molecule has 0 aliphatic heterocycles. The monoisotopic (exact) mass is 648 g/mol. The van der Waals surface area contributed by atoms with E-state index < -0.39 is 19.4 Å². The first kappa shape index (κ1) is 31.6. The van der Waals surface area contributed by atoms with Gasteiger partial charge in [0, 0.05) is 0 Å². The van der Waals surface area contributed by atoms with E-state index in [1.807, 2.05) is 13.8 Å². The molecule has 0 radical (unpaired) electrons. The number of benzene rings is 4. The van der Waals surface area contributed by atoms with Gasteiger partial charge in [0.05, 0.1) is 0 Å². The Morgan fingerprint density at radius 2 is 0.897 bits per heavy atom. The van der Waals surface area contributed by atoms with Gasteiger partial charge < -0.3 is 0 Å². The largest absolute Gasteiger partial charge is 0.147 e. The van der Waals surface area contributed by atoms with Gasteiger partial charge in [-0.1, -0.05) is 13.8 Å². The van der Waals surface area contributed by atoms with Crippen LogP contribution < -0.4 is 0 Å². The van der Waals surface area contributed by atoms with E-state index in [2.05, 4.69) is 128 Å². The Bertz CT molecular complexity index is 1380. The standard InChI is InChI=1S/2C16H13.C2H6.CH3.2ClH.H3Si.Zr/c2*1-12-10-14-8-5-9-15(16(14)11-12)13-6-3-2-4-7-13;1-2;;;;;/h2*2-11H,1H3;1-2H3;1H3;2*1H;1H3;. The second-order valence-corrected chi connectivity index (χ2v) is 35.4. The zero-order valence-electron chi connectivity index (χ0n) is 23.9. The Morgan fingerprint density at radius 1 is 0.538 bits per heavy atom. The molecule has 0 saturated heterocycles. The molecule has 0 aromatic heterocycles. The average Bonchev–Trinajstić information content (AvgIpc) is 3.46. The first-order valence-corrected chi connectivity index (χ1v) is 27.4. The van der Waals surface area contributed by atoms with Crippen molar-refractivity contribution in [1.82, 2.24) is 0 Å². The molecule has 0 spiro atoms. The van der Waals surface area contributed by atoms with Crippen LogP contribution in [0.1, 0.15) is 57.2 Å². The van der Waals surface area contributed by atoms with Crippen molar-refractivity contribution < 1.29 is 19.4 Å². The second kappa shape index (κ2) is 13.1. The maximum atomic E-state index is 2.75. The van der Waals surface area contributed by atoms with Gasteiger partial charge in [-0.25, -0.2) is 0 Å². The van der Waals surface area contributed by atoms with Crippen molar-refractivity contribution in [3.8, 4) is 22.3 Å². The molecule has 2 unspecified atom stereocenters. The first-order chi connectivity index (χ1) is 18.0. The Balaban J connectivity index is 0.00000103. The smallest absolute Gasteiger partial charge is 0.147 e. The van der Waals surface area contributed by atoms with E-state index in [4.69, 9.17) is 0 Å². The third-order valence-corrected chi connectivity index (χ3v) is 26.1. The van der Waals surface area contributed by atoms with Crippen molar-refractivity contribution in [2.75, 3.05) is 0 Å². The van der Waals surface area contributed by atoms with Crippen LogP contribution in [0.15, 0.2) is 108 Å². The maximum absolute atomic E-state index is 2.75. The zero-order chi connectivity index (χ0) is 26.2. The zero-order valence-corrected chi connectivity index (χ0v) is 30.0. The molecule has 0 amide bonds. The normalized spacial score (nSPS) is 18.2. The predicted octanol–water partition coefficient (Wildman–Crippen LogP) is 9.99. The Morgan fingerprint density at radius 3 is 1.26 bits per heavy atom. The molecule has 202 valence electrons. The van der Waals surface area contributed by atoms with Crippen LogP contribution in [0.3, 0.4) is 0 Å². The third kappa shape index (κ3) is 5.64. The number of rotatable bonds is 4. The van der Waals surface area contributed by atoms with Crippen LogP contribution in [0, 0.1) is 0 Å².